The first-order valence-corrected chi connectivity index (χ1v) is 5.58. The van der Waals surface area contributed by atoms with Crippen LogP contribution < -0.4 is 5.73 Å². The molecule has 1 aromatic rings. The molecule has 0 aromatic carbocycles. The van der Waals surface area contributed by atoms with Crippen molar-refractivity contribution < 1.29 is 0 Å². The lowest BCUT2D eigenvalue weighted by molar-refractivity contribution is 0.578. The fourth-order valence-electron chi connectivity index (χ4n) is 2.23. The van der Waals surface area contributed by atoms with Crippen LogP contribution >= 0.6 is 0 Å². The van der Waals surface area contributed by atoms with Crippen molar-refractivity contribution in [2.45, 2.75) is 44.4 Å². The van der Waals surface area contributed by atoms with E-state index < -0.39 is 0 Å². The third-order valence-electron chi connectivity index (χ3n) is 3.08. The lowest BCUT2D eigenvalue weighted by Gasteiger charge is -2.12. The Kier molecular flexibility index (Phi) is 3.02. The number of hydrogen-bond acceptors (Lipinski definition) is 2. The predicted molar refractivity (Wildman–Crippen MR) is 59.1 cm³/mol. The Morgan fingerprint density at radius 1 is 1.07 bits per heavy atom. The van der Waals surface area contributed by atoms with Gasteiger partial charge in [0, 0.05) is 11.6 Å². The van der Waals surface area contributed by atoms with Gasteiger partial charge in [-0.2, -0.15) is 0 Å². The minimum Gasteiger partial charge on any atom is -0.397 e. The van der Waals surface area contributed by atoms with Gasteiger partial charge in [-0.15, -0.1) is 0 Å². The van der Waals surface area contributed by atoms with Crippen molar-refractivity contribution >= 4 is 5.69 Å². The van der Waals surface area contributed by atoms with Crippen LogP contribution in [0, 0.1) is 0 Å². The highest BCUT2D eigenvalue weighted by molar-refractivity contribution is 5.35. The molecule has 0 aliphatic heterocycles. The van der Waals surface area contributed by atoms with Gasteiger partial charge in [-0.05, 0) is 25.0 Å². The van der Waals surface area contributed by atoms with Crippen molar-refractivity contribution in [3.05, 3.63) is 24.0 Å². The zero-order valence-electron chi connectivity index (χ0n) is 8.58. The van der Waals surface area contributed by atoms with Gasteiger partial charge >= 0.3 is 0 Å². The average Bonchev–Trinajstić information content (AvgIpc) is 2.47. The van der Waals surface area contributed by atoms with E-state index in [1.54, 1.807) is 6.20 Å². The minimum atomic E-state index is 0.679. The van der Waals surface area contributed by atoms with E-state index in [0.717, 1.165) is 5.69 Å². The molecule has 2 rings (SSSR count). The molecule has 0 unspecified atom stereocenters. The molecule has 1 aromatic heterocycles. The first-order chi connectivity index (χ1) is 6.86. The first kappa shape index (κ1) is 9.50. The molecule has 1 fully saturated rings. The molecule has 0 atom stereocenters. The quantitative estimate of drug-likeness (QED) is 0.691. The van der Waals surface area contributed by atoms with Crippen molar-refractivity contribution in [2.75, 3.05) is 5.73 Å². The van der Waals surface area contributed by atoms with E-state index in [0.29, 0.717) is 5.92 Å². The summed E-state index contributed by atoms with van der Waals surface area (Å²) in [6.07, 6.45) is 9.89. The maximum absolute atomic E-state index is 5.62. The number of anilines is 1. The fourth-order valence-corrected chi connectivity index (χ4v) is 2.23. The Balaban J connectivity index is 2.08. The van der Waals surface area contributed by atoms with Crippen LogP contribution in [0.3, 0.4) is 0 Å². The molecule has 2 heteroatoms. The normalized spacial score (nSPS) is 19.1. The average molecular weight is 190 g/mol. The number of nitrogen functional groups attached to an aromatic ring is 1. The molecule has 2 N–H and O–H groups in total. The van der Waals surface area contributed by atoms with Crippen LogP contribution in [-0.2, 0) is 0 Å². The van der Waals surface area contributed by atoms with Crippen LogP contribution in [0.5, 0.6) is 0 Å². The van der Waals surface area contributed by atoms with Crippen LogP contribution in [0.2, 0.25) is 0 Å². The Hall–Kier alpha value is -1.05. The zero-order valence-corrected chi connectivity index (χ0v) is 8.58. The summed E-state index contributed by atoms with van der Waals surface area (Å²) in [7, 11) is 0. The van der Waals surface area contributed by atoms with Gasteiger partial charge in [0.15, 0.2) is 0 Å². The summed E-state index contributed by atoms with van der Waals surface area (Å²) < 4.78 is 0. The molecule has 1 heterocycles. The van der Waals surface area contributed by atoms with Crippen molar-refractivity contribution in [3.8, 4) is 0 Å². The molecule has 1 aliphatic rings. The second-order valence-electron chi connectivity index (χ2n) is 4.20. The standard InChI is InChI=1S/C12H18N2/c13-11-7-8-12(14-9-11)10-5-3-1-2-4-6-10/h7-10H,1-6,13H2. The number of nitrogens with zero attached hydrogens (tertiary/aromatic N) is 1. The summed E-state index contributed by atoms with van der Waals surface area (Å²) in [4.78, 5) is 4.42. The van der Waals surface area contributed by atoms with Gasteiger partial charge in [-0.3, -0.25) is 4.98 Å². The van der Waals surface area contributed by atoms with Gasteiger partial charge in [0.05, 0.1) is 11.9 Å². The van der Waals surface area contributed by atoms with Crippen LogP contribution in [0.1, 0.15) is 50.1 Å². The van der Waals surface area contributed by atoms with E-state index in [1.165, 1.54) is 44.2 Å². The summed E-state index contributed by atoms with van der Waals surface area (Å²) in [6, 6.07) is 4.05. The third kappa shape index (κ3) is 2.25. The Labute approximate surface area is 85.5 Å². The third-order valence-corrected chi connectivity index (χ3v) is 3.08. The Morgan fingerprint density at radius 2 is 1.79 bits per heavy atom. The summed E-state index contributed by atoms with van der Waals surface area (Å²) in [5, 5.41) is 0. The van der Waals surface area contributed by atoms with Crippen LogP contribution in [0.15, 0.2) is 18.3 Å². The number of hydrogen-bond donors (Lipinski definition) is 1. The summed E-state index contributed by atoms with van der Waals surface area (Å²) >= 11 is 0. The summed E-state index contributed by atoms with van der Waals surface area (Å²) in [5.74, 6) is 0.679. The summed E-state index contributed by atoms with van der Waals surface area (Å²) in [6.45, 7) is 0. The lowest BCUT2D eigenvalue weighted by atomic mass is 9.96. The number of aromatic nitrogens is 1. The van der Waals surface area contributed by atoms with Crippen LogP contribution in [0.4, 0.5) is 5.69 Å². The molecule has 76 valence electrons. The van der Waals surface area contributed by atoms with Gasteiger partial charge in [-0.1, -0.05) is 25.7 Å². The molecule has 2 nitrogen and oxygen atoms in total. The molecule has 1 aliphatic carbocycles. The number of rotatable bonds is 1. The van der Waals surface area contributed by atoms with Gasteiger partial charge in [0.25, 0.3) is 0 Å². The van der Waals surface area contributed by atoms with Crippen LogP contribution in [0.25, 0.3) is 0 Å². The first-order valence-electron chi connectivity index (χ1n) is 5.58. The van der Waals surface area contributed by atoms with Gasteiger partial charge < -0.3 is 5.73 Å². The van der Waals surface area contributed by atoms with Crippen molar-refractivity contribution in [1.82, 2.24) is 4.98 Å². The van der Waals surface area contributed by atoms with Gasteiger partial charge in [0.1, 0.15) is 0 Å². The molecule has 14 heavy (non-hydrogen) atoms. The maximum Gasteiger partial charge on any atom is 0.0501 e. The molecule has 0 radical (unpaired) electrons. The molecular formula is C12H18N2. The lowest BCUT2D eigenvalue weighted by Crippen LogP contribution is -2.00. The fraction of sp³-hybridized carbons (Fsp3) is 0.583. The maximum atomic E-state index is 5.62. The highest BCUT2D eigenvalue weighted by Gasteiger charge is 2.14. The molecule has 0 bridgehead atoms. The van der Waals surface area contributed by atoms with Crippen LogP contribution in [-0.4, -0.2) is 4.98 Å². The molecular weight excluding hydrogens is 172 g/mol. The zero-order chi connectivity index (χ0) is 9.80. The SMILES string of the molecule is Nc1ccc(C2CCCCCC2)nc1. The van der Waals surface area contributed by atoms with Gasteiger partial charge in [-0.25, -0.2) is 0 Å². The molecule has 0 spiro atoms. The van der Waals surface area contributed by atoms with Gasteiger partial charge in [0.2, 0.25) is 0 Å². The van der Waals surface area contributed by atoms with E-state index in [1.807, 2.05) is 6.07 Å². The predicted octanol–water partition coefficient (Wildman–Crippen LogP) is 3.10. The Morgan fingerprint density at radius 3 is 2.36 bits per heavy atom. The molecule has 0 saturated heterocycles. The number of nitrogens with two attached hydrogens (primary N) is 1. The summed E-state index contributed by atoms with van der Waals surface area (Å²) in [5.41, 5.74) is 7.63. The smallest absolute Gasteiger partial charge is 0.0501 e. The van der Waals surface area contributed by atoms with E-state index in [4.69, 9.17) is 5.73 Å². The minimum absolute atomic E-state index is 0.679. The van der Waals surface area contributed by atoms with E-state index in [-0.39, 0.29) is 0 Å². The second-order valence-corrected chi connectivity index (χ2v) is 4.20. The highest BCUT2D eigenvalue weighted by Crippen LogP contribution is 2.30. The van der Waals surface area contributed by atoms with E-state index >= 15 is 0 Å². The van der Waals surface area contributed by atoms with Crippen molar-refractivity contribution in [2.24, 2.45) is 0 Å². The van der Waals surface area contributed by atoms with Crippen molar-refractivity contribution in [1.29, 1.82) is 0 Å². The van der Waals surface area contributed by atoms with E-state index in [2.05, 4.69) is 11.1 Å². The topological polar surface area (TPSA) is 38.9 Å². The highest BCUT2D eigenvalue weighted by atomic mass is 14.7. The van der Waals surface area contributed by atoms with Crippen molar-refractivity contribution in [3.63, 3.8) is 0 Å². The monoisotopic (exact) mass is 190 g/mol. The molecule has 0 amide bonds. The second kappa shape index (κ2) is 4.45. The number of pyridine rings is 1. The molecule has 1 saturated carbocycles. The Bertz CT molecular complexity index is 271. The largest absolute Gasteiger partial charge is 0.397 e. The van der Waals surface area contributed by atoms with E-state index in [9.17, 15) is 0 Å².